The fourth-order valence-electron chi connectivity index (χ4n) is 3.45. The molecule has 0 amide bonds. The van der Waals surface area contributed by atoms with Gasteiger partial charge >= 0.3 is 5.97 Å². The van der Waals surface area contributed by atoms with E-state index in [4.69, 9.17) is 17.0 Å². The van der Waals surface area contributed by atoms with Gasteiger partial charge < -0.3 is 20.3 Å². The molecule has 5 nitrogen and oxygen atoms in total. The van der Waals surface area contributed by atoms with Crippen LogP contribution in [0.3, 0.4) is 0 Å². The van der Waals surface area contributed by atoms with Gasteiger partial charge in [0.15, 0.2) is 5.11 Å². The zero-order valence-corrected chi connectivity index (χ0v) is 15.9. The summed E-state index contributed by atoms with van der Waals surface area (Å²) in [6.07, 6.45) is 6.48. The maximum Gasteiger partial charge on any atom is 0.341 e. The van der Waals surface area contributed by atoms with Crippen molar-refractivity contribution < 1.29 is 9.53 Å². The molecule has 24 heavy (non-hydrogen) atoms. The lowest BCUT2D eigenvalue weighted by Crippen LogP contribution is -2.44. The Morgan fingerprint density at radius 2 is 2.00 bits per heavy atom. The molecule has 2 heterocycles. The standard InChI is InChI=1S/C17H25N3O2S2/c1-20-9-7-11(8-10-20)18-17(23)19-15-14(16(21)22-2)12-5-3-4-6-13(12)24-15/h11H,3-10H2,1-2H3,(H2,18,19,23). The van der Waals surface area contributed by atoms with E-state index in [2.05, 4.69) is 22.6 Å². The number of hydrogen-bond donors (Lipinski definition) is 2. The molecule has 3 rings (SSSR count). The number of rotatable bonds is 3. The van der Waals surface area contributed by atoms with Gasteiger partial charge in [0.1, 0.15) is 5.00 Å². The van der Waals surface area contributed by atoms with Crippen molar-refractivity contribution in [2.45, 2.75) is 44.6 Å². The molecule has 1 saturated heterocycles. The second-order valence-electron chi connectivity index (χ2n) is 6.58. The van der Waals surface area contributed by atoms with Crippen LogP contribution in [0.25, 0.3) is 0 Å². The molecule has 0 atom stereocenters. The number of carbonyl (C=O) groups is 1. The highest BCUT2D eigenvalue weighted by Gasteiger charge is 2.27. The molecule has 0 aromatic carbocycles. The van der Waals surface area contributed by atoms with E-state index in [-0.39, 0.29) is 5.97 Å². The van der Waals surface area contributed by atoms with Crippen molar-refractivity contribution in [3.63, 3.8) is 0 Å². The van der Waals surface area contributed by atoms with E-state index < -0.39 is 0 Å². The molecule has 0 bridgehead atoms. The number of piperidine rings is 1. The summed E-state index contributed by atoms with van der Waals surface area (Å²) in [5.74, 6) is -0.265. The first kappa shape index (κ1) is 17.6. The van der Waals surface area contributed by atoms with Gasteiger partial charge in [0.2, 0.25) is 0 Å². The molecule has 132 valence electrons. The Balaban J connectivity index is 1.71. The number of nitrogens with one attached hydrogen (secondary N) is 2. The number of thiocarbonyl (C=S) groups is 1. The summed E-state index contributed by atoms with van der Waals surface area (Å²) in [4.78, 5) is 15.9. The first-order valence-electron chi connectivity index (χ1n) is 8.57. The predicted molar refractivity (Wildman–Crippen MR) is 102 cm³/mol. The van der Waals surface area contributed by atoms with Gasteiger partial charge in [-0.3, -0.25) is 0 Å². The minimum absolute atomic E-state index is 0.265. The number of anilines is 1. The maximum atomic E-state index is 12.3. The molecule has 1 fully saturated rings. The van der Waals surface area contributed by atoms with Gasteiger partial charge in [-0.05, 0) is 76.4 Å². The first-order chi connectivity index (χ1) is 11.6. The Labute approximate surface area is 152 Å². The number of nitrogens with zero attached hydrogens (tertiary/aromatic N) is 1. The molecule has 1 aliphatic carbocycles. The third kappa shape index (κ3) is 3.90. The molecule has 7 heteroatoms. The number of methoxy groups -OCH3 is 1. The summed E-state index contributed by atoms with van der Waals surface area (Å²) < 4.78 is 5.00. The number of carbonyl (C=O) groups excluding carboxylic acids is 1. The lowest BCUT2D eigenvalue weighted by molar-refractivity contribution is 0.0601. The number of ether oxygens (including phenoxy) is 1. The Morgan fingerprint density at radius 1 is 1.29 bits per heavy atom. The molecule has 2 N–H and O–H groups in total. The SMILES string of the molecule is COC(=O)c1c(NC(=S)NC2CCN(C)CC2)sc2c1CCCC2. The summed E-state index contributed by atoms with van der Waals surface area (Å²) in [6, 6.07) is 0.400. The number of hydrogen-bond acceptors (Lipinski definition) is 5. The molecule has 2 aliphatic rings. The average molecular weight is 368 g/mol. The molecule has 1 aromatic rings. The minimum atomic E-state index is -0.265. The normalized spacial score (nSPS) is 18.8. The summed E-state index contributed by atoms with van der Waals surface area (Å²) >= 11 is 7.14. The summed E-state index contributed by atoms with van der Waals surface area (Å²) in [5, 5.41) is 8.10. The van der Waals surface area contributed by atoms with E-state index in [1.165, 1.54) is 18.4 Å². The van der Waals surface area contributed by atoms with Crippen molar-refractivity contribution in [3.05, 3.63) is 16.0 Å². The average Bonchev–Trinajstić information content (AvgIpc) is 2.94. The van der Waals surface area contributed by atoms with Crippen molar-refractivity contribution in [1.82, 2.24) is 10.2 Å². The Morgan fingerprint density at radius 3 is 2.71 bits per heavy atom. The van der Waals surface area contributed by atoms with Crippen LogP contribution in [-0.2, 0) is 17.6 Å². The van der Waals surface area contributed by atoms with Gasteiger partial charge in [-0.15, -0.1) is 11.3 Å². The van der Waals surface area contributed by atoms with Gasteiger partial charge in [-0.1, -0.05) is 0 Å². The number of thiophene rings is 1. The number of fused-ring (bicyclic) bond motifs is 1. The number of likely N-dealkylation sites (tertiary alicyclic amines) is 1. The summed E-state index contributed by atoms with van der Waals surface area (Å²) in [7, 11) is 3.58. The van der Waals surface area contributed by atoms with Gasteiger partial charge in [0, 0.05) is 10.9 Å². The second-order valence-corrected chi connectivity index (χ2v) is 8.10. The molecule has 0 unspecified atom stereocenters. The van der Waals surface area contributed by atoms with Gasteiger partial charge in [-0.2, -0.15) is 0 Å². The van der Waals surface area contributed by atoms with E-state index in [9.17, 15) is 4.79 Å². The van der Waals surface area contributed by atoms with Gasteiger partial charge in [-0.25, -0.2) is 4.79 Å². The van der Waals surface area contributed by atoms with E-state index in [0.717, 1.165) is 55.8 Å². The largest absolute Gasteiger partial charge is 0.465 e. The van der Waals surface area contributed by atoms with Crippen molar-refractivity contribution in [3.8, 4) is 0 Å². The molecule has 0 radical (unpaired) electrons. The molecule has 1 aliphatic heterocycles. The van der Waals surface area contributed by atoms with Crippen LogP contribution in [-0.4, -0.2) is 49.3 Å². The number of esters is 1. The highest BCUT2D eigenvalue weighted by molar-refractivity contribution is 7.80. The fraction of sp³-hybridized carbons (Fsp3) is 0.647. The third-order valence-electron chi connectivity index (χ3n) is 4.84. The van der Waals surface area contributed by atoms with Crippen LogP contribution in [0, 0.1) is 0 Å². The van der Waals surface area contributed by atoms with Crippen molar-refractivity contribution >= 4 is 39.6 Å². The van der Waals surface area contributed by atoms with Crippen LogP contribution < -0.4 is 10.6 Å². The van der Waals surface area contributed by atoms with E-state index in [0.29, 0.717) is 16.7 Å². The highest BCUT2D eigenvalue weighted by atomic mass is 32.1. The predicted octanol–water partition coefficient (Wildman–Crippen LogP) is 2.79. The molecular formula is C17H25N3O2S2. The first-order valence-corrected chi connectivity index (χ1v) is 9.80. The second kappa shape index (κ2) is 7.80. The molecule has 0 spiro atoms. The van der Waals surface area contributed by atoms with Crippen LogP contribution in [0.15, 0.2) is 0 Å². The quantitative estimate of drug-likeness (QED) is 0.633. The van der Waals surface area contributed by atoms with Crippen LogP contribution in [0.1, 0.15) is 46.5 Å². The van der Waals surface area contributed by atoms with Crippen molar-refractivity contribution in [1.29, 1.82) is 0 Å². The zero-order chi connectivity index (χ0) is 17.1. The maximum absolute atomic E-state index is 12.3. The van der Waals surface area contributed by atoms with Crippen LogP contribution in [0.2, 0.25) is 0 Å². The molecule has 1 aromatic heterocycles. The van der Waals surface area contributed by atoms with Crippen molar-refractivity contribution in [2.24, 2.45) is 0 Å². The van der Waals surface area contributed by atoms with Gasteiger partial charge in [0.05, 0.1) is 12.7 Å². The molecular weight excluding hydrogens is 342 g/mol. The fourth-order valence-corrected chi connectivity index (χ4v) is 5.06. The van der Waals surface area contributed by atoms with E-state index in [1.807, 2.05) is 0 Å². The Hall–Kier alpha value is -1.18. The minimum Gasteiger partial charge on any atom is -0.465 e. The Bertz CT molecular complexity index is 622. The van der Waals surface area contributed by atoms with Crippen LogP contribution in [0.5, 0.6) is 0 Å². The lowest BCUT2D eigenvalue weighted by atomic mass is 9.95. The van der Waals surface area contributed by atoms with Gasteiger partial charge in [0.25, 0.3) is 0 Å². The topological polar surface area (TPSA) is 53.6 Å². The van der Waals surface area contributed by atoms with Crippen molar-refractivity contribution in [2.75, 3.05) is 32.6 Å². The van der Waals surface area contributed by atoms with E-state index in [1.54, 1.807) is 11.3 Å². The zero-order valence-electron chi connectivity index (χ0n) is 14.3. The summed E-state index contributed by atoms with van der Waals surface area (Å²) in [6.45, 7) is 2.17. The lowest BCUT2D eigenvalue weighted by Gasteiger charge is -2.30. The third-order valence-corrected chi connectivity index (χ3v) is 6.27. The smallest absolute Gasteiger partial charge is 0.341 e. The Kier molecular flexibility index (Phi) is 5.73. The van der Waals surface area contributed by atoms with Crippen LogP contribution in [0.4, 0.5) is 5.00 Å². The van der Waals surface area contributed by atoms with E-state index >= 15 is 0 Å². The monoisotopic (exact) mass is 367 g/mol. The van der Waals surface area contributed by atoms with Crippen LogP contribution >= 0.6 is 23.6 Å². The summed E-state index contributed by atoms with van der Waals surface area (Å²) in [5.41, 5.74) is 1.84. The molecule has 0 saturated carbocycles. The highest BCUT2D eigenvalue weighted by Crippen LogP contribution is 2.38. The number of aryl methyl sites for hydroxylation is 1.